The van der Waals surface area contributed by atoms with E-state index in [9.17, 15) is 4.79 Å². The van der Waals surface area contributed by atoms with Gasteiger partial charge in [-0.3, -0.25) is 4.79 Å². The lowest BCUT2D eigenvalue weighted by molar-refractivity contribution is 0.0772. The zero-order valence-electron chi connectivity index (χ0n) is 12.1. The minimum atomic E-state index is -0.0454. The molecule has 4 heteroatoms. The summed E-state index contributed by atoms with van der Waals surface area (Å²) in [6.45, 7) is 4.62. The van der Waals surface area contributed by atoms with Crippen molar-refractivity contribution >= 4 is 5.91 Å². The van der Waals surface area contributed by atoms with Gasteiger partial charge in [0.05, 0.1) is 12.1 Å². The van der Waals surface area contributed by atoms with Crippen LogP contribution in [0.3, 0.4) is 0 Å². The van der Waals surface area contributed by atoms with Gasteiger partial charge in [-0.05, 0) is 32.0 Å². The second-order valence-electron chi connectivity index (χ2n) is 4.72. The van der Waals surface area contributed by atoms with Crippen LogP contribution in [-0.2, 0) is 0 Å². The maximum absolute atomic E-state index is 12.2. The Kier molecular flexibility index (Phi) is 4.45. The van der Waals surface area contributed by atoms with Crippen molar-refractivity contribution in [2.75, 3.05) is 20.2 Å². The van der Waals surface area contributed by atoms with Crippen molar-refractivity contribution in [3.63, 3.8) is 0 Å². The topological polar surface area (TPSA) is 42.7 Å². The summed E-state index contributed by atoms with van der Waals surface area (Å²) in [5.74, 6) is 2.17. The molecule has 1 heterocycles. The number of para-hydroxylation sites is 1. The number of hydrogen-bond acceptors (Lipinski definition) is 3. The Hall–Kier alpha value is -2.23. The molecule has 0 N–H and O–H groups in total. The van der Waals surface area contributed by atoms with Crippen LogP contribution in [0, 0.1) is 13.8 Å². The van der Waals surface area contributed by atoms with E-state index in [0.29, 0.717) is 24.5 Å². The highest BCUT2D eigenvalue weighted by atomic mass is 16.5. The van der Waals surface area contributed by atoms with Gasteiger partial charge in [-0.25, -0.2) is 0 Å². The number of rotatable bonds is 5. The molecule has 0 saturated heterocycles. The van der Waals surface area contributed by atoms with Gasteiger partial charge in [-0.1, -0.05) is 18.2 Å². The zero-order chi connectivity index (χ0) is 14.5. The van der Waals surface area contributed by atoms with Gasteiger partial charge in [0.25, 0.3) is 5.91 Å². The number of carbonyl (C=O) groups is 1. The molecule has 0 saturated carbocycles. The minimum absolute atomic E-state index is 0.0454. The highest BCUT2D eigenvalue weighted by molar-refractivity contribution is 5.95. The quantitative estimate of drug-likeness (QED) is 0.841. The van der Waals surface area contributed by atoms with Crippen LogP contribution in [-0.4, -0.2) is 31.0 Å². The van der Waals surface area contributed by atoms with Crippen molar-refractivity contribution in [1.29, 1.82) is 0 Å². The molecule has 0 unspecified atom stereocenters. The van der Waals surface area contributed by atoms with Crippen LogP contribution in [0.25, 0.3) is 0 Å². The Morgan fingerprint density at radius 1 is 1.25 bits per heavy atom. The lowest BCUT2D eigenvalue weighted by atomic mass is 10.2. The molecule has 2 rings (SSSR count). The molecule has 0 aliphatic carbocycles. The summed E-state index contributed by atoms with van der Waals surface area (Å²) in [5.41, 5.74) is 0.615. The van der Waals surface area contributed by atoms with E-state index in [-0.39, 0.29) is 5.91 Å². The molecule has 0 radical (unpaired) electrons. The van der Waals surface area contributed by atoms with Crippen molar-refractivity contribution in [1.82, 2.24) is 4.90 Å². The van der Waals surface area contributed by atoms with Crippen LogP contribution >= 0.6 is 0 Å². The Labute approximate surface area is 119 Å². The van der Waals surface area contributed by atoms with Gasteiger partial charge in [0, 0.05) is 7.05 Å². The van der Waals surface area contributed by atoms with E-state index in [4.69, 9.17) is 9.15 Å². The van der Waals surface area contributed by atoms with Gasteiger partial charge in [-0.15, -0.1) is 0 Å². The molecule has 106 valence electrons. The molecular weight excluding hydrogens is 254 g/mol. The predicted molar refractivity (Wildman–Crippen MR) is 77.1 cm³/mol. The smallest absolute Gasteiger partial charge is 0.257 e. The van der Waals surface area contributed by atoms with Crippen LogP contribution in [0.2, 0.25) is 0 Å². The lowest BCUT2D eigenvalue weighted by Crippen LogP contribution is -2.31. The molecule has 0 aliphatic heterocycles. The summed E-state index contributed by atoms with van der Waals surface area (Å²) in [4.78, 5) is 13.9. The molecule has 2 aromatic rings. The Balaban J connectivity index is 1.87. The molecule has 1 amide bonds. The monoisotopic (exact) mass is 273 g/mol. The number of ether oxygens (including phenoxy) is 1. The fourth-order valence-electron chi connectivity index (χ4n) is 1.97. The fourth-order valence-corrected chi connectivity index (χ4v) is 1.97. The van der Waals surface area contributed by atoms with Gasteiger partial charge >= 0.3 is 0 Å². The molecule has 20 heavy (non-hydrogen) atoms. The summed E-state index contributed by atoms with van der Waals surface area (Å²) in [6, 6.07) is 11.3. The first-order valence-electron chi connectivity index (χ1n) is 6.58. The molecule has 0 bridgehead atoms. The van der Waals surface area contributed by atoms with Crippen LogP contribution in [0.1, 0.15) is 21.9 Å². The zero-order valence-corrected chi connectivity index (χ0v) is 12.1. The number of nitrogens with zero attached hydrogens (tertiary/aromatic N) is 1. The Bertz CT molecular complexity index is 575. The summed E-state index contributed by atoms with van der Waals surface area (Å²) in [7, 11) is 1.76. The molecule has 1 aromatic carbocycles. The standard InChI is InChI=1S/C16H19NO3/c1-12-11-15(13(2)20-12)16(18)17(3)9-10-19-14-7-5-4-6-8-14/h4-8,11H,9-10H2,1-3H3. The molecule has 0 aliphatic rings. The normalized spacial score (nSPS) is 10.3. The summed E-state index contributed by atoms with van der Waals surface area (Å²) in [6.07, 6.45) is 0. The van der Waals surface area contributed by atoms with E-state index in [1.165, 1.54) is 0 Å². The first-order chi connectivity index (χ1) is 9.58. The average molecular weight is 273 g/mol. The van der Waals surface area contributed by atoms with E-state index in [2.05, 4.69) is 0 Å². The van der Waals surface area contributed by atoms with E-state index >= 15 is 0 Å². The largest absolute Gasteiger partial charge is 0.492 e. The van der Waals surface area contributed by atoms with Crippen molar-refractivity contribution in [2.24, 2.45) is 0 Å². The SMILES string of the molecule is Cc1cc(C(=O)N(C)CCOc2ccccc2)c(C)o1. The molecule has 0 fully saturated rings. The Morgan fingerprint density at radius 3 is 2.55 bits per heavy atom. The van der Waals surface area contributed by atoms with Crippen molar-refractivity contribution in [2.45, 2.75) is 13.8 Å². The van der Waals surface area contributed by atoms with E-state index in [1.807, 2.05) is 37.3 Å². The van der Waals surface area contributed by atoms with Crippen LogP contribution in [0.5, 0.6) is 5.75 Å². The lowest BCUT2D eigenvalue weighted by Gasteiger charge is -2.17. The third-order valence-electron chi connectivity index (χ3n) is 3.06. The highest BCUT2D eigenvalue weighted by Gasteiger charge is 2.17. The first-order valence-corrected chi connectivity index (χ1v) is 6.58. The molecule has 0 spiro atoms. The van der Waals surface area contributed by atoms with Crippen LogP contribution in [0.15, 0.2) is 40.8 Å². The number of likely N-dealkylation sites (N-methyl/N-ethyl adjacent to an activating group) is 1. The van der Waals surface area contributed by atoms with E-state index < -0.39 is 0 Å². The maximum Gasteiger partial charge on any atom is 0.257 e. The number of hydrogen-bond donors (Lipinski definition) is 0. The van der Waals surface area contributed by atoms with Crippen molar-refractivity contribution < 1.29 is 13.9 Å². The number of amides is 1. The highest BCUT2D eigenvalue weighted by Crippen LogP contribution is 2.15. The van der Waals surface area contributed by atoms with Gasteiger partial charge in [0.2, 0.25) is 0 Å². The number of aryl methyl sites for hydroxylation is 2. The first kappa shape index (κ1) is 14.2. The molecule has 0 atom stereocenters. The molecular formula is C16H19NO3. The summed E-state index contributed by atoms with van der Waals surface area (Å²) < 4.78 is 11.0. The van der Waals surface area contributed by atoms with Crippen LogP contribution < -0.4 is 4.74 Å². The van der Waals surface area contributed by atoms with Gasteiger partial charge < -0.3 is 14.1 Å². The minimum Gasteiger partial charge on any atom is -0.492 e. The number of carbonyl (C=O) groups excluding carboxylic acids is 1. The summed E-state index contributed by atoms with van der Waals surface area (Å²) >= 11 is 0. The Morgan fingerprint density at radius 2 is 1.95 bits per heavy atom. The third kappa shape index (κ3) is 3.41. The fraction of sp³-hybridized carbons (Fsp3) is 0.312. The molecule has 1 aromatic heterocycles. The second kappa shape index (κ2) is 6.28. The third-order valence-corrected chi connectivity index (χ3v) is 3.06. The van der Waals surface area contributed by atoms with Crippen LogP contribution in [0.4, 0.5) is 0 Å². The molecule has 4 nitrogen and oxygen atoms in total. The van der Waals surface area contributed by atoms with E-state index in [1.54, 1.807) is 24.9 Å². The summed E-state index contributed by atoms with van der Waals surface area (Å²) in [5, 5.41) is 0. The van der Waals surface area contributed by atoms with Crippen molar-refractivity contribution in [3.05, 3.63) is 53.5 Å². The van der Waals surface area contributed by atoms with E-state index in [0.717, 1.165) is 11.5 Å². The number of furan rings is 1. The van der Waals surface area contributed by atoms with Gasteiger partial charge in [0.1, 0.15) is 23.9 Å². The van der Waals surface area contributed by atoms with Gasteiger partial charge in [0.15, 0.2) is 0 Å². The second-order valence-corrected chi connectivity index (χ2v) is 4.72. The number of benzene rings is 1. The maximum atomic E-state index is 12.2. The van der Waals surface area contributed by atoms with Gasteiger partial charge in [-0.2, -0.15) is 0 Å². The van der Waals surface area contributed by atoms with Crippen molar-refractivity contribution in [3.8, 4) is 5.75 Å². The average Bonchev–Trinajstić information content (AvgIpc) is 2.78. The predicted octanol–water partition coefficient (Wildman–Crippen LogP) is 3.05.